The van der Waals surface area contributed by atoms with E-state index < -0.39 is 0 Å². The van der Waals surface area contributed by atoms with Crippen molar-refractivity contribution in [1.29, 1.82) is 0 Å². The van der Waals surface area contributed by atoms with Crippen LogP contribution in [0.1, 0.15) is 12.6 Å². The van der Waals surface area contributed by atoms with Gasteiger partial charge in [-0.25, -0.2) is 4.68 Å². The quantitative estimate of drug-likeness (QED) is 0.545. The molecule has 20 heavy (non-hydrogen) atoms. The van der Waals surface area contributed by atoms with Gasteiger partial charge in [-0.1, -0.05) is 5.21 Å². The molecule has 1 atom stereocenters. The number of ether oxygens (including phenoxy) is 2. The van der Waals surface area contributed by atoms with Crippen LogP contribution >= 0.6 is 0 Å². The highest BCUT2D eigenvalue weighted by Gasteiger charge is 2.09. The van der Waals surface area contributed by atoms with Gasteiger partial charge in [-0.05, 0) is 6.92 Å². The first-order valence-electron chi connectivity index (χ1n) is 6.52. The van der Waals surface area contributed by atoms with E-state index in [1.54, 1.807) is 20.4 Å². The molecule has 1 heterocycles. The van der Waals surface area contributed by atoms with Crippen molar-refractivity contribution in [3.8, 4) is 0 Å². The SMILES string of the molecule is COCCNCc1cn(CC(=O)NC(C)COC)nn1. The van der Waals surface area contributed by atoms with Gasteiger partial charge >= 0.3 is 0 Å². The number of methoxy groups -OCH3 is 2. The molecule has 0 fully saturated rings. The molecule has 1 aromatic rings. The highest BCUT2D eigenvalue weighted by molar-refractivity contribution is 5.75. The van der Waals surface area contributed by atoms with E-state index in [0.717, 1.165) is 12.2 Å². The predicted octanol–water partition coefficient (Wildman–Crippen LogP) is -0.835. The summed E-state index contributed by atoms with van der Waals surface area (Å²) in [7, 11) is 3.25. The third kappa shape index (κ3) is 6.60. The number of nitrogens with zero attached hydrogens (tertiary/aromatic N) is 3. The first kappa shape index (κ1) is 16.5. The Balaban J connectivity index is 2.30. The molecule has 2 N–H and O–H groups in total. The van der Waals surface area contributed by atoms with E-state index in [1.807, 2.05) is 6.92 Å². The molecule has 0 aromatic carbocycles. The highest BCUT2D eigenvalue weighted by Crippen LogP contribution is 1.93. The summed E-state index contributed by atoms with van der Waals surface area (Å²) in [6.45, 7) is 4.52. The standard InChI is InChI=1S/C12H23N5O3/c1-10(9-20-3)14-12(18)8-17-7-11(15-16-17)6-13-4-5-19-2/h7,10,13H,4-6,8-9H2,1-3H3,(H,14,18). The fourth-order valence-electron chi connectivity index (χ4n) is 1.65. The van der Waals surface area contributed by atoms with Crippen LogP contribution in [0.15, 0.2) is 6.20 Å². The lowest BCUT2D eigenvalue weighted by Crippen LogP contribution is -2.37. The molecule has 8 nitrogen and oxygen atoms in total. The summed E-state index contributed by atoms with van der Waals surface area (Å²) >= 11 is 0. The van der Waals surface area contributed by atoms with Crippen molar-refractivity contribution in [2.75, 3.05) is 34.0 Å². The minimum atomic E-state index is -0.113. The summed E-state index contributed by atoms with van der Waals surface area (Å²) in [5.74, 6) is -0.113. The summed E-state index contributed by atoms with van der Waals surface area (Å²) in [5.41, 5.74) is 0.791. The lowest BCUT2D eigenvalue weighted by Gasteiger charge is -2.12. The fourth-order valence-corrected chi connectivity index (χ4v) is 1.65. The molecule has 0 saturated carbocycles. The van der Waals surface area contributed by atoms with Crippen LogP contribution in [0.3, 0.4) is 0 Å². The van der Waals surface area contributed by atoms with Crippen LogP contribution in [0.2, 0.25) is 0 Å². The Morgan fingerprint density at radius 3 is 2.95 bits per heavy atom. The van der Waals surface area contributed by atoms with E-state index in [-0.39, 0.29) is 18.5 Å². The number of hydrogen-bond acceptors (Lipinski definition) is 6. The summed E-state index contributed by atoms with van der Waals surface area (Å²) in [6.07, 6.45) is 1.75. The van der Waals surface area contributed by atoms with Crippen molar-refractivity contribution in [1.82, 2.24) is 25.6 Å². The molecule has 0 spiro atoms. The molecule has 1 amide bonds. The van der Waals surface area contributed by atoms with Crippen LogP contribution in [-0.4, -0.2) is 60.9 Å². The summed E-state index contributed by atoms with van der Waals surface area (Å²) in [4.78, 5) is 11.7. The van der Waals surface area contributed by atoms with Gasteiger partial charge < -0.3 is 20.1 Å². The van der Waals surface area contributed by atoms with Gasteiger partial charge in [0.2, 0.25) is 5.91 Å². The molecule has 0 aliphatic carbocycles. The Kier molecular flexibility index (Phi) is 7.78. The average molecular weight is 285 g/mol. The maximum Gasteiger partial charge on any atom is 0.242 e. The summed E-state index contributed by atoms with van der Waals surface area (Å²) < 4.78 is 11.4. The largest absolute Gasteiger partial charge is 0.383 e. The van der Waals surface area contributed by atoms with Crippen LogP contribution in [0.5, 0.6) is 0 Å². The second-order valence-corrected chi connectivity index (χ2v) is 4.50. The Labute approximate surface area is 118 Å². The Hall–Kier alpha value is -1.51. The molecule has 1 unspecified atom stereocenters. The van der Waals surface area contributed by atoms with E-state index in [4.69, 9.17) is 9.47 Å². The van der Waals surface area contributed by atoms with E-state index >= 15 is 0 Å². The third-order valence-electron chi connectivity index (χ3n) is 2.50. The van der Waals surface area contributed by atoms with Gasteiger partial charge in [-0.15, -0.1) is 5.10 Å². The minimum Gasteiger partial charge on any atom is -0.383 e. The van der Waals surface area contributed by atoms with Crippen LogP contribution in [0, 0.1) is 0 Å². The van der Waals surface area contributed by atoms with Crippen molar-refractivity contribution in [3.63, 3.8) is 0 Å². The van der Waals surface area contributed by atoms with E-state index in [2.05, 4.69) is 20.9 Å². The van der Waals surface area contributed by atoms with Gasteiger partial charge in [0.25, 0.3) is 0 Å². The van der Waals surface area contributed by atoms with Crippen molar-refractivity contribution in [2.45, 2.75) is 26.1 Å². The zero-order valence-electron chi connectivity index (χ0n) is 12.3. The monoisotopic (exact) mass is 285 g/mol. The van der Waals surface area contributed by atoms with Crippen molar-refractivity contribution >= 4 is 5.91 Å². The molecule has 1 rings (SSSR count). The number of amides is 1. The number of hydrogen-bond donors (Lipinski definition) is 2. The second kappa shape index (κ2) is 9.40. The fraction of sp³-hybridized carbons (Fsp3) is 0.750. The molecule has 1 aromatic heterocycles. The van der Waals surface area contributed by atoms with Gasteiger partial charge in [0.1, 0.15) is 6.54 Å². The van der Waals surface area contributed by atoms with Gasteiger partial charge in [0, 0.05) is 33.4 Å². The summed E-state index contributed by atoms with van der Waals surface area (Å²) in [5, 5.41) is 13.9. The number of carbonyl (C=O) groups excluding carboxylic acids is 1. The zero-order valence-corrected chi connectivity index (χ0v) is 12.3. The second-order valence-electron chi connectivity index (χ2n) is 4.50. The molecule has 0 radical (unpaired) electrons. The first-order chi connectivity index (χ1) is 9.65. The molecular weight excluding hydrogens is 262 g/mol. The van der Waals surface area contributed by atoms with E-state index in [0.29, 0.717) is 19.8 Å². The van der Waals surface area contributed by atoms with Crippen LogP contribution in [0.4, 0.5) is 0 Å². The lowest BCUT2D eigenvalue weighted by atomic mass is 10.3. The molecule has 0 aliphatic rings. The molecule has 0 bridgehead atoms. The molecule has 8 heteroatoms. The van der Waals surface area contributed by atoms with Crippen LogP contribution in [-0.2, 0) is 27.4 Å². The molecule has 0 aliphatic heterocycles. The van der Waals surface area contributed by atoms with Gasteiger partial charge in [0.05, 0.1) is 25.1 Å². The van der Waals surface area contributed by atoms with Crippen molar-refractivity contribution in [2.24, 2.45) is 0 Å². The average Bonchev–Trinajstić information content (AvgIpc) is 2.82. The molecular formula is C12H23N5O3. The Morgan fingerprint density at radius 2 is 2.25 bits per heavy atom. The summed E-state index contributed by atoms with van der Waals surface area (Å²) in [6, 6.07) is -0.0220. The topological polar surface area (TPSA) is 90.3 Å². The van der Waals surface area contributed by atoms with E-state index in [1.165, 1.54) is 4.68 Å². The smallest absolute Gasteiger partial charge is 0.242 e. The molecule has 114 valence electrons. The number of rotatable bonds is 10. The van der Waals surface area contributed by atoms with Gasteiger partial charge in [-0.3, -0.25) is 4.79 Å². The van der Waals surface area contributed by atoms with E-state index in [9.17, 15) is 4.79 Å². The normalized spacial score (nSPS) is 12.3. The highest BCUT2D eigenvalue weighted by atomic mass is 16.5. The van der Waals surface area contributed by atoms with Crippen molar-refractivity contribution < 1.29 is 14.3 Å². The lowest BCUT2D eigenvalue weighted by molar-refractivity contribution is -0.122. The number of aromatic nitrogens is 3. The Morgan fingerprint density at radius 1 is 1.45 bits per heavy atom. The van der Waals surface area contributed by atoms with Gasteiger partial charge in [-0.2, -0.15) is 0 Å². The number of nitrogens with one attached hydrogen (secondary N) is 2. The maximum absolute atomic E-state index is 11.7. The zero-order chi connectivity index (χ0) is 14.8. The van der Waals surface area contributed by atoms with Gasteiger partial charge in [0.15, 0.2) is 0 Å². The first-order valence-corrected chi connectivity index (χ1v) is 6.52. The maximum atomic E-state index is 11.7. The Bertz CT molecular complexity index is 396. The third-order valence-corrected chi connectivity index (χ3v) is 2.50. The number of carbonyl (C=O) groups is 1. The van der Waals surface area contributed by atoms with Crippen LogP contribution in [0.25, 0.3) is 0 Å². The minimum absolute atomic E-state index is 0.0220. The molecule has 0 saturated heterocycles. The predicted molar refractivity (Wildman–Crippen MR) is 73.1 cm³/mol. The van der Waals surface area contributed by atoms with Crippen molar-refractivity contribution in [3.05, 3.63) is 11.9 Å². The van der Waals surface area contributed by atoms with Crippen LogP contribution < -0.4 is 10.6 Å².